The molecule has 0 aliphatic heterocycles. The van der Waals surface area contributed by atoms with Gasteiger partial charge in [0.2, 0.25) is 0 Å². The van der Waals surface area contributed by atoms with Crippen molar-refractivity contribution in [1.82, 2.24) is 4.98 Å². The van der Waals surface area contributed by atoms with Gasteiger partial charge in [0, 0.05) is 11.8 Å². The molecule has 7 heteroatoms. The Morgan fingerprint density at radius 1 is 1.56 bits per heavy atom. The average molecular weight is 226 g/mol. The number of aromatic amines is 1. The highest BCUT2D eigenvalue weighted by Gasteiger charge is 2.13. The normalized spacial score (nSPS) is 9.81. The van der Waals surface area contributed by atoms with Gasteiger partial charge < -0.3 is 9.72 Å². The average Bonchev–Trinajstić information content (AvgIpc) is 2.17. The molecule has 0 aliphatic carbocycles. The molecular weight excluding hydrogens is 216 g/mol. The molecule has 1 N–H and O–H groups in total. The molecule has 0 atom stereocenters. The summed E-state index contributed by atoms with van der Waals surface area (Å²) in [4.78, 5) is 34.1. The number of pyridine rings is 1. The molecule has 1 aromatic heterocycles. The lowest BCUT2D eigenvalue weighted by atomic mass is 10.2. The maximum Gasteiger partial charge on any atom is 0.333 e. The fourth-order valence-corrected chi connectivity index (χ4v) is 1.12. The second-order valence-electron chi connectivity index (χ2n) is 2.94. The number of hydrogen-bond acceptors (Lipinski definition) is 5. The molecule has 0 fully saturated rings. The summed E-state index contributed by atoms with van der Waals surface area (Å²) in [6.07, 6.45) is -0.110. The number of hydrogen-bond donors (Lipinski definition) is 1. The van der Waals surface area contributed by atoms with Crippen LogP contribution >= 0.6 is 0 Å². The van der Waals surface area contributed by atoms with Crippen molar-refractivity contribution in [3.63, 3.8) is 0 Å². The number of esters is 1. The van der Waals surface area contributed by atoms with Gasteiger partial charge in [0.1, 0.15) is 0 Å². The Morgan fingerprint density at radius 3 is 2.75 bits per heavy atom. The largest absolute Gasteiger partial charge is 0.466 e. The number of nitro groups is 1. The van der Waals surface area contributed by atoms with Crippen molar-refractivity contribution in [1.29, 1.82) is 0 Å². The number of carbonyl (C=O) groups excluding carboxylic acids is 1. The van der Waals surface area contributed by atoms with Gasteiger partial charge in [-0.15, -0.1) is 0 Å². The van der Waals surface area contributed by atoms with E-state index in [9.17, 15) is 19.7 Å². The van der Waals surface area contributed by atoms with Crippen LogP contribution in [0.3, 0.4) is 0 Å². The summed E-state index contributed by atoms with van der Waals surface area (Å²) < 4.78 is 4.67. The van der Waals surface area contributed by atoms with Crippen LogP contribution in [0, 0.1) is 10.1 Å². The maximum atomic E-state index is 11.2. The smallest absolute Gasteiger partial charge is 0.333 e. The first kappa shape index (κ1) is 11.9. The van der Waals surface area contributed by atoms with Crippen molar-refractivity contribution in [2.75, 3.05) is 6.61 Å². The summed E-state index contributed by atoms with van der Waals surface area (Å²) in [5.74, 6) is -0.494. The summed E-state index contributed by atoms with van der Waals surface area (Å²) >= 11 is 0. The maximum absolute atomic E-state index is 11.2. The molecule has 0 spiro atoms. The van der Waals surface area contributed by atoms with Gasteiger partial charge in [-0.1, -0.05) is 0 Å². The van der Waals surface area contributed by atoms with Crippen LogP contribution in [0.15, 0.2) is 16.9 Å². The van der Waals surface area contributed by atoms with Gasteiger partial charge in [-0.3, -0.25) is 19.7 Å². The SMILES string of the molecule is CCOC(=O)Cc1ccc([N+](=O)[O-])c(=O)[nH]1. The molecule has 16 heavy (non-hydrogen) atoms. The molecule has 86 valence electrons. The number of ether oxygens (including phenoxy) is 1. The topological polar surface area (TPSA) is 102 Å². The van der Waals surface area contributed by atoms with Crippen LogP contribution in [0.2, 0.25) is 0 Å². The molecule has 1 aromatic rings. The van der Waals surface area contributed by atoms with Crippen molar-refractivity contribution in [3.8, 4) is 0 Å². The van der Waals surface area contributed by atoms with E-state index >= 15 is 0 Å². The van der Waals surface area contributed by atoms with Gasteiger partial charge in [0.25, 0.3) is 0 Å². The van der Waals surface area contributed by atoms with Gasteiger partial charge in [0.15, 0.2) is 0 Å². The fourth-order valence-electron chi connectivity index (χ4n) is 1.12. The van der Waals surface area contributed by atoms with E-state index in [-0.39, 0.29) is 18.7 Å². The molecule has 0 bridgehead atoms. The first-order valence-electron chi connectivity index (χ1n) is 4.56. The van der Waals surface area contributed by atoms with Crippen LogP contribution in [0.1, 0.15) is 12.6 Å². The van der Waals surface area contributed by atoms with E-state index in [4.69, 9.17) is 0 Å². The molecule has 0 unspecified atom stereocenters. The van der Waals surface area contributed by atoms with E-state index in [0.29, 0.717) is 0 Å². The van der Waals surface area contributed by atoms with Crippen LogP contribution < -0.4 is 5.56 Å². The zero-order valence-corrected chi connectivity index (χ0v) is 8.56. The van der Waals surface area contributed by atoms with E-state index in [2.05, 4.69) is 9.72 Å². The minimum atomic E-state index is -0.827. The molecular formula is C9H10N2O5. The summed E-state index contributed by atoms with van der Waals surface area (Å²) in [6, 6.07) is 2.38. The zero-order valence-electron chi connectivity index (χ0n) is 8.56. The minimum Gasteiger partial charge on any atom is -0.466 e. The fraction of sp³-hybridized carbons (Fsp3) is 0.333. The Labute approximate surface area is 90.2 Å². The molecule has 1 rings (SSSR count). The van der Waals surface area contributed by atoms with Crippen molar-refractivity contribution in [3.05, 3.63) is 38.3 Å². The number of nitrogens with one attached hydrogen (secondary N) is 1. The Kier molecular flexibility index (Phi) is 3.76. The molecule has 0 amide bonds. The highest BCUT2D eigenvalue weighted by Crippen LogP contribution is 2.04. The Bertz CT molecular complexity index is 465. The van der Waals surface area contributed by atoms with E-state index in [1.54, 1.807) is 6.92 Å². The lowest BCUT2D eigenvalue weighted by Gasteiger charge is -2.01. The third-order valence-corrected chi connectivity index (χ3v) is 1.79. The quantitative estimate of drug-likeness (QED) is 0.454. The van der Waals surface area contributed by atoms with E-state index in [1.165, 1.54) is 6.07 Å². The van der Waals surface area contributed by atoms with Crippen LogP contribution in [-0.2, 0) is 16.0 Å². The second kappa shape index (κ2) is 5.06. The minimum absolute atomic E-state index is 0.110. The predicted octanol–water partition coefficient (Wildman–Crippen LogP) is 0.389. The monoisotopic (exact) mass is 226 g/mol. The summed E-state index contributed by atoms with van der Waals surface area (Å²) in [7, 11) is 0. The Balaban J connectivity index is 2.86. The van der Waals surface area contributed by atoms with Crippen molar-refractivity contribution >= 4 is 11.7 Å². The summed E-state index contributed by atoms with van der Waals surface area (Å²) in [5, 5.41) is 10.4. The first-order chi connectivity index (χ1) is 7.54. The second-order valence-corrected chi connectivity index (χ2v) is 2.94. The van der Waals surface area contributed by atoms with E-state index < -0.39 is 22.1 Å². The molecule has 0 radical (unpaired) electrons. The molecule has 0 aliphatic rings. The number of aromatic nitrogens is 1. The molecule has 1 heterocycles. The predicted molar refractivity (Wildman–Crippen MR) is 54.1 cm³/mol. The zero-order chi connectivity index (χ0) is 12.1. The lowest BCUT2D eigenvalue weighted by molar-refractivity contribution is -0.386. The van der Waals surface area contributed by atoms with Crippen molar-refractivity contribution < 1.29 is 14.5 Å². The van der Waals surface area contributed by atoms with Crippen LogP contribution in [0.4, 0.5) is 5.69 Å². The molecule has 0 saturated carbocycles. The summed E-state index contributed by atoms with van der Waals surface area (Å²) in [5.41, 5.74) is -1.09. The lowest BCUT2D eigenvalue weighted by Crippen LogP contribution is -2.16. The van der Waals surface area contributed by atoms with Gasteiger partial charge >= 0.3 is 17.2 Å². The first-order valence-corrected chi connectivity index (χ1v) is 4.56. The van der Waals surface area contributed by atoms with Gasteiger partial charge in [0.05, 0.1) is 18.0 Å². The third kappa shape index (κ3) is 2.91. The van der Waals surface area contributed by atoms with E-state index in [1.807, 2.05) is 0 Å². The van der Waals surface area contributed by atoms with Gasteiger partial charge in [-0.25, -0.2) is 0 Å². The Morgan fingerprint density at radius 2 is 2.25 bits per heavy atom. The number of carbonyl (C=O) groups is 1. The third-order valence-electron chi connectivity index (χ3n) is 1.79. The highest BCUT2D eigenvalue weighted by molar-refractivity contribution is 5.71. The van der Waals surface area contributed by atoms with Crippen LogP contribution in [-0.4, -0.2) is 22.5 Å². The number of H-pyrrole nitrogens is 1. The molecule has 0 aromatic carbocycles. The van der Waals surface area contributed by atoms with Crippen LogP contribution in [0.5, 0.6) is 0 Å². The number of rotatable bonds is 4. The van der Waals surface area contributed by atoms with Crippen molar-refractivity contribution in [2.45, 2.75) is 13.3 Å². The Hall–Kier alpha value is -2.18. The summed E-state index contributed by atoms with van der Waals surface area (Å²) in [6.45, 7) is 1.91. The van der Waals surface area contributed by atoms with Crippen LogP contribution in [0.25, 0.3) is 0 Å². The van der Waals surface area contributed by atoms with Gasteiger partial charge in [-0.05, 0) is 13.0 Å². The van der Waals surface area contributed by atoms with Gasteiger partial charge in [-0.2, -0.15) is 0 Å². The van der Waals surface area contributed by atoms with E-state index in [0.717, 1.165) is 6.07 Å². The van der Waals surface area contributed by atoms with Crippen molar-refractivity contribution in [2.24, 2.45) is 0 Å². The standard InChI is InChI=1S/C9H10N2O5/c1-2-16-8(12)5-6-3-4-7(11(14)15)9(13)10-6/h3-4H,2,5H2,1H3,(H,10,13). The highest BCUT2D eigenvalue weighted by atomic mass is 16.6. The molecule has 7 nitrogen and oxygen atoms in total. The number of nitrogens with zero attached hydrogens (tertiary/aromatic N) is 1. The molecule has 0 saturated heterocycles.